The van der Waals surface area contributed by atoms with Gasteiger partial charge in [0.05, 0.1) is 10.5 Å². The highest BCUT2D eigenvalue weighted by atomic mass is 16.6. The molecule has 3 N–H and O–H groups in total. The number of amidine groups is 1. The number of pyridine rings is 1. The molecule has 21 heavy (non-hydrogen) atoms. The number of piperidine rings is 1. The van der Waals surface area contributed by atoms with E-state index in [-0.39, 0.29) is 11.5 Å². The van der Waals surface area contributed by atoms with Gasteiger partial charge in [-0.05, 0) is 25.7 Å². The lowest BCUT2D eigenvalue weighted by Crippen LogP contribution is -2.41. The fraction of sp³-hybridized carbons (Fsp3) is 0.538. The number of nitrogens with two attached hydrogens (primary N) is 1. The maximum atomic E-state index is 10.9. The molecule has 0 aliphatic carbocycles. The van der Waals surface area contributed by atoms with Crippen LogP contribution in [-0.4, -0.2) is 33.5 Å². The molecule has 1 aliphatic rings. The van der Waals surface area contributed by atoms with Gasteiger partial charge in [-0.3, -0.25) is 10.1 Å². The Morgan fingerprint density at radius 1 is 1.67 bits per heavy atom. The number of anilines is 1. The summed E-state index contributed by atoms with van der Waals surface area (Å²) in [6.45, 7) is 2.91. The first kappa shape index (κ1) is 15.0. The van der Waals surface area contributed by atoms with Crippen LogP contribution in [0.15, 0.2) is 17.4 Å². The van der Waals surface area contributed by atoms with Crippen LogP contribution in [0.4, 0.5) is 11.5 Å². The highest BCUT2D eigenvalue weighted by Gasteiger charge is 2.26. The van der Waals surface area contributed by atoms with Gasteiger partial charge >= 0.3 is 0 Å². The topological polar surface area (TPSA) is 118 Å². The third kappa shape index (κ3) is 3.04. The molecule has 0 saturated carbocycles. The third-order valence-corrected chi connectivity index (χ3v) is 3.82. The molecule has 1 aromatic heterocycles. The monoisotopic (exact) mass is 293 g/mol. The number of aromatic nitrogens is 1. The zero-order valence-electron chi connectivity index (χ0n) is 11.9. The number of nitrogens with zero attached hydrogens (tertiary/aromatic N) is 4. The molecule has 8 heteroatoms. The average Bonchev–Trinajstić information content (AvgIpc) is 2.53. The largest absolute Gasteiger partial charge is 0.409 e. The van der Waals surface area contributed by atoms with Crippen molar-refractivity contribution in [1.82, 2.24) is 4.98 Å². The molecule has 0 spiro atoms. The predicted molar refractivity (Wildman–Crippen MR) is 78.7 cm³/mol. The molecule has 2 heterocycles. The normalized spacial score (nSPS) is 19.6. The van der Waals surface area contributed by atoms with Crippen molar-refractivity contribution in [2.75, 3.05) is 11.4 Å². The molecule has 1 unspecified atom stereocenters. The van der Waals surface area contributed by atoms with Crippen LogP contribution in [0, 0.1) is 10.1 Å². The van der Waals surface area contributed by atoms with Gasteiger partial charge < -0.3 is 15.8 Å². The van der Waals surface area contributed by atoms with E-state index in [2.05, 4.69) is 22.0 Å². The molecule has 1 aromatic rings. The Hall–Kier alpha value is -2.38. The quantitative estimate of drug-likeness (QED) is 0.287. The minimum absolute atomic E-state index is 0.165. The molecule has 8 nitrogen and oxygen atoms in total. The number of hydrogen-bond donors (Lipinski definition) is 2. The van der Waals surface area contributed by atoms with E-state index in [4.69, 9.17) is 10.9 Å². The number of rotatable bonds is 4. The highest BCUT2D eigenvalue weighted by molar-refractivity contribution is 6.02. The summed E-state index contributed by atoms with van der Waals surface area (Å²) < 4.78 is 0. The predicted octanol–water partition coefficient (Wildman–Crippen LogP) is 1.85. The Bertz CT molecular complexity index is 561. The summed E-state index contributed by atoms with van der Waals surface area (Å²) in [5.41, 5.74) is 5.79. The van der Waals surface area contributed by atoms with Crippen LogP contribution in [0.3, 0.4) is 0 Å². The SMILES string of the molecule is CCC1CCCCN1c1ncc([N+](=O)[O-])cc1C(N)=NO. The lowest BCUT2D eigenvalue weighted by Gasteiger charge is -2.37. The Morgan fingerprint density at radius 2 is 2.43 bits per heavy atom. The van der Waals surface area contributed by atoms with Crippen molar-refractivity contribution in [2.45, 2.75) is 38.6 Å². The summed E-state index contributed by atoms with van der Waals surface area (Å²) in [6, 6.07) is 1.62. The van der Waals surface area contributed by atoms with Gasteiger partial charge in [-0.1, -0.05) is 12.1 Å². The molecule has 1 aliphatic heterocycles. The Balaban J connectivity index is 2.48. The Kier molecular flexibility index (Phi) is 4.56. The molecular formula is C13H19N5O3. The van der Waals surface area contributed by atoms with Gasteiger partial charge in [-0.2, -0.15) is 0 Å². The van der Waals surface area contributed by atoms with Gasteiger partial charge in [0.15, 0.2) is 5.84 Å². The average molecular weight is 293 g/mol. The van der Waals surface area contributed by atoms with E-state index in [0.29, 0.717) is 17.4 Å². The van der Waals surface area contributed by atoms with E-state index < -0.39 is 4.92 Å². The van der Waals surface area contributed by atoms with E-state index in [0.717, 1.165) is 32.2 Å². The van der Waals surface area contributed by atoms with Gasteiger partial charge in [0.2, 0.25) is 0 Å². The van der Waals surface area contributed by atoms with Crippen LogP contribution >= 0.6 is 0 Å². The molecule has 1 saturated heterocycles. The van der Waals surface area contributed by atoms with Crippen molar-refractivity contribution in [3.8, 4) is 0 Å². The summed E-state index contributed by atoms with van der Waals surface area (Å²) in [5.74, 6) is 0.379. The maximum Gasteiger partial charge on any atom is 0.288 e. The summed E-state index contributed by atoms with van der Waals surface area (Å²) in [4.78, 5) is 16.6. The molecule has 1 fully saturated rings. The van der Waals surface area contributed by atoms with Crippen LogP contribution in [0.25, 0.3) is 0 Å². The molecule has 114 valence electrons. The van der Waals surface area contributed by atoms with E-state index in [1.807, 2.05) is 0 Å². The van der Waals surface area contributed by atoms with Gasteiger partial charge in [0.1, 0.15) is 12.0 Å². The van der Waals surface area contributed by atoms with Crippen LogP contribution in [0.1, 0.15) is 38.2 Å². The summed E-state index contributed by atoms with van der Waals surface area (Å²) in [7, 11) is 0. The maximum absolute atomic E-state index is 10.9. The van der Waals surface area contributed by atoms with E-state index in [1.54, 1.807) is 0 Å². The van der Waals surface area contributed by atoms with Crippen molar-refractivity contribution in [3.05, 3.63) is 27.9 Å². The number of nitro groups is 1. The standard InChI is InChI=1S/C13H19N5O3/c1-2-9-5-3-4-6-17(9)13-11(12(14)16-19)7-10(8-15-13)18(20)21/h7-9,19H,2-6H2,1H3,(H2,14,16). The molecule has 0 amide bonds. The first-order valence-electron chi connectivity index (χ1n) is 6.97. The van der Waals surface area contributed by atoms with Crippen molar-refractivity contribution < 1.29 is 10.1 Å². The van der Waals surface area contributed by atoms with Crippen molar-refractivity contribution in [3.63, 3.8) is 0 Å². The zero-order valence-corrected chi connectivity index (χ0v) is 11.9. The first-order valence-corrected chi connectivity index (χ1v) is 6.97. The fourth-order valence-corrected chi connectivity index (χ4v) is 2.72. The second kappa shape index (κ2) is 6.38. The number of oxime groups is 1. The summed E-state index contributed by atoms with van der Waals surface area (Å²) >= 11 is 0. The third-order valence-electron chi connectivity index (χ3n) is 3.82. The first-order chi connectivity index (χ1) is 10.1. The number of hydrogen-bond acceptors (Lipinski definition) is 6. The van der Waals surface area contributed by atoms with E-state index >= 15 is 0 Å². The molecule has 1 atom stereocenters. The zero-order chi connectivity index (χ0) is 15.4. The highest BCUT2D eigenvalue weighted by Crippen LogP contribution is 2.29. The van der Waals surface area contributed by atoms with Crippen LogP contribution in [0.5, 0.6) is 0 Å². The second-order valence-corrected chi connectivity index (χ2v) is 5.06. The molecule has 0 radical (unpaired) electrons. The fourth-order valence-electron chi connectivity index (χ4n) is 2.72. The van der Waals surface area contributed by atoms with Crippen LogP contribution < -0.4 is 10.6 Å². The molecule has 0 aromatic carbocycles. The van der Waals surface area contributed by atoms with E-state index in [1.165, 1.54) is 12.3 Å². The summed E-state index contributed by atoms with van der Waals surface area (Å²) in [6.07, 6.45) is 5.40. The van der Waals surface area contributed by atoms with Crippen LogP contribution in [-0.2, 0) is 0 Å². The minimum Gasteiger partial charge on any atom is -0.409 e. The second-order valence-electron chi connectivity index (χ2n) is 5.06. The summed E-state index contributed by atoms with van der Waals surface area (Å²) in [5, 5.41) is 22.8. The van der Waals surface area contributed by atoms with Gasteiger partial charge in [-0.25, -0.2) is 4.98 Å². The van der Waals surface area contributed by atoms with Gasteiger partial charge in [-0.15, -0.1) is 0 Å². The molecule has 0 bridgehead atoms. The smallest absolute Gasteiger partial charge is 0.288 e. The van der Waals surface area contributed by atoms with Crippen molar-refractivity contribution in [1.29, 1.82) is 0 Å². The van der Waals surface area contributed by atoms with Gasteiger partial charge in [0, 0.05) is 18.7 Å². The van der Waals surface area contributed by atoms with Crippen molar-refractivity contribution in [2.24, 2.45) is 10.9 Å². The Morgan fingerprint density at radius 3 is 3.05 bits per heavy atom. The lowest BCUT2D eigenvalue weighted by molar-refractivity contribution is -0.385. The van der Waals surface area contributed by atoms with E-state index in [9.17, 15) is 10.1 Å². The van der Waals surface area contributed by atoms with Crippen LogP contribution in [0.2, 0.25) is 0 Å². The lowest BCUT2D eigenvalue weighted by atomic mass is 9.99. The Labute approximate surface area is 122 Å². The van der Waals surface area contributed by atoms with Gasteiger partial charge in [0.25, 0.3) is 5.69 Å². The van der Waals surface area contributed by atoms with Crippen molar-refractivity contribution >= 4 is 17.3 Å². The molecule has 2 rings (SSSR count). The molecular weight excluding hydrogens is 274 g/mol. The minimum atomic E-state index is -0.543.